The summed E-state index contributed by atoms with van der Waals surface area (Å²) in [5.41, 5.74) is 11.5. The molecule has 1 unspecified atom stereocenters. The van der Waals surface area contributed by atoms with Gasteiger partial charge in [-0.2, -0.15) is 0 Å². The molecule has 0 saturated heterocycles. The van der Waals surface area contributed by atoms with Crippen molar-refractivity contribution >= 4 is 15.9 Å². The predicted octanol–water partition coefficient (Wildman–Crippen LogP) is 5.07. The average Bonchev–Trinajstić information content (AvgIpc) is 2.39. The van der Waals surface area contributed by atoms with E-state index >= 15 is 0 Å². The SMILES string of the molecule is Cc1cc(C(N)c2cccc(C3CCC3)c2)ccc1Br. The first kappa shape index (κ1) is 13.8. The van der Waals surface area contributed by atoms with Gasteiger partial charge in [0.2, 0.25) is 0 Å². The molecule has 0 spiro atoms. The van der Waals surface area contributed by atoms with Gasteiger partial charge in [-0.25, -0.2) is 0 Å². The summed E-state index contributed by atoms with van der Waals surface area (Å²) in [4.78, 5) is 0. The zero-order valence-electron chi connectivity index (χ0n) is 11.8. The van der Waals surface area contributed by atoms with E-state index in [1.54, 1.807) is 0 Å². The van der Waals surface area contributed by atoms with Crippen molar-refractivity contribution in [1.82, 2.24) is 0 Å². The molecule has 1 nitrogen and oxygen atoms in total. The van der Waals surface area contributed by atoms with E-state index in [1.807, 2.05) is 0 Å². The van der Waals surface area contributed by atoms with E-state index in [0.29, 0.717) is 0 Å². The Hall–Kier alpha value is -1.12. The lowest BCUT2D eigenvalue weighted by atomic mass is 9.79. The summed E-state index contributed by atoms with van der Waals surface area (Å²) in [6, 6.07) is 15.2. The van der Waals surface area contributed by atoms with Crippen LogP contribution in [0.4, 0.5) is 0 Å². The third-order valence-corrected chi connectivity index (χ3v) is 5.28. The van der Waals surface area contributed by atoms with Crippen molar-refractivity contribution in [2.45, 2.75) is 38.1 Å². The lowest BCUT2D eigenvalue weighted by Crippen LogP contribution is -2.14. The molecule has 0 aromatic heterocycles. The Labute approximate surface area is 129 Å². The molecule has 2 aromatic rings. The Kier molecular flexibility index (Phi) is 3.95. The summed E-state index contributed by atoms with van der Waals surface area (Å²) in [7, 11) is 0. The number of hydrogen-bond donors (Lipinski definition) is 1. The molecule has 1 aliphatic rings. The quantitative estimate of drug-likeness (QED) is 0.835. The Morgan fingerprint density at radius 3 is 2.50 bits per heavy atom. The van der Waals surface area contributed by atoms with Crippen LogP contribution < -0.4 is 5.73 Å². The van der Waals surface area contributed by atoms with Gasteiger partial charge in [-0.05, 0) is 54.0 Å². The second-order valence-electron chi connectivity index (χ2n) is 5.78. The molecule has 1 aliphatic carbocycles. The molecule has 0 heterocycles. The zero-order chi connectivity index (χ0) is 14.1. The van der Waals surface area contributed by atoms with Gasteiger partial charge >= 0.3 is 0 Å². The third-order valence-electron chi connectivity index (χ3n) is 4.39. The predicted molar refractivity (Wildman–Crippen MR) is 87.9 cm³/mol. The fourth-order valence-electron chi connectivity index (χ4n) is 2.80. The van der Waals surface area contributed by atoms with Crippen LogP contribution in [-0.2, 0) is 0 Å². The van der Waals surface area contributed by atoms with Crippen LogP contribution in [0.15, 0.2) is 46.9 Å². The molecule has 1 saturated carbocycles. The first-order valence-electron chi connectivity index (χ1n) is 7.26. The fourth-order valence-corrected chi connectivity index (χ4v) is 3.05. The summed E-state index contributed by atoms with van der Waals surface area (Å²) in [5, 5.41) is 0. The van der Waals surface area contributed by atoms with Crippen LogP contribution in [0, 0.1) is 6.92 Å². The maximum atomic E-state index is 6.45. The summed E-state index contributed by atoms with van der Waals surface area (Å²) < 4.78 is 1.14. The molecule has 2 N–H and O–H groups in total. The van der Waals surface area contributed by atoms with Gasteiger partial charge in [-0.15, -0.1) is 0 Å². The first-order chi connectivity index (χ1) is 9.65. The minimum absolute atomic E-state index is 0.0400. The molecule has 0 aliphatic heterocycles. The van der Waals surface area contributed by atoms with Crippen LogP contribution in [0.3, 0.4) is 0 Å². The highest BCUT2D eigenvalue weighted by Crippen LogP contribution is 2.37. The average molecular weight is 330 g/mol. The maximum absolute atomic E-state index is 6.45. The molecule has 1 fully saturated rings. The van der Waals surface area contributed by atoms with Crippen LogP contribution in [0.1, 0.15) is 53.5 Å². The standard InChI is InChI=1S/C18H20BrN/c1-12-10-16(8-9-17(12)19)18(20)15-7-3-6-14(11-15)13-4-2-5-13/h3,6-11,13,18H,2,4-5,20H2,1H3. The number of nitrogens with two attached hydrogens (primary N) is 1. The van der Waals surface area contributed by atoms with E-state index in [0.717, 1.165) is 10.4 Å². The highest BCUT2D eigenvalue weighted by molar-refractivity contribution is 9.10. The Balaban J connectivity index is 1.89. The third kappa shape index (κ3) is 2.68. The molecule has 104 valence electrons. The molecule has 0 bridgehead atoms. The van der Waals surface area contributed by atoms with Crippen LogP contribution in [0.2, 0.25) is 0 Å². The van der Waals surface area contributed by atoms with E-state index < -0.39 is 0 Å². The highest BCUT2D eigenvalue weighted by Gasteiger charge is 2.20. The fraction of sp³-hybridized carbons (Fsp3) is 0.333. The summed E-state index contributed by atoms with van der Waals surface area (Å²) >= 11 is 3.54. The van der Waals surface area contributed by atoms with E-state index in [9.17, 15) is 0 Å². The number of rotatable bonds is 3. The second kappa shape index (κ2) is 5.71. The molecule has 2 aromatic carbocycles. The Morgan fingerprint density at radius 1 is 1.10 bits per heavy atom. The van der Waals surface area contributed by atoms with E-state index in [1.165, 1.54) is 41.5 Å². The Morgan fingerprint density at radius 2 is 1.85 bits per heavy atom. The molecule has 0 amide bonds. The van der Waals surface area contributed by atoms with Gasteiger partial charge in [-0.1, -0.05) is 58.7 Å². The largest absolute Gasteiger partial charge is 0.320 e. The smallest absolute Gasteiger partial charge is 0.0551 e. The molecule has 3 rings (SSSR count). The number of aryl methyl sites for hydroxylation is 1. The van der Waals surface area contributed by atoms with Crippen molar-refractivity contribution in [1.29, 1.82) is 0 Å². The van der Waals surface area contributed by atoms with E-state index in [4.69, 9.17) is 5.73 Å². The van der Waals surface area contributed by atoms with Crippen molar-refractivity contribution in [2.75, 3.05) is 0 Å². The van der Waals surface area contributed by atoms with E-state index in [2.05, 4.69) is 65.3 Å². The zero-order valence-corrected chi connectivity index (χ0v) is 13.4. The number of halogens is 1. The number of benzene rings is 2. The van der Waals surface area contributed by atoms with Crippen molar-refractivity contribution in [2.24, 2.45) is 5.73 Å². The van der Waals surface area contributed by atoms with Gasteiger partial charge in [0.05, 0.1) is 6.04 Å². The van der Waals surface area contributed by atoms with Gasteiger partial charge in [0.25, 0.3) is 0 Å². The van der Waals surface area contributed by atoms with Crippen LogP contribution in [-0.4, -0.2) is 0 Å². The monoisotopic (exact) mass is 329 g/mol. The number of hydrogen-bond acceptors (Lipinski definition) is 1. The van der Waals surface area contributed by atoms with Crippen LogP contribution >= 0.6 is 15.9 Å². The normalized spacial score (nSPS) is 16.8. The Bertz CT molecular complexity index is 617. The maximum Gasteiger partial charge on any atom is 0.0551 e. The molecule has 2 heteroatoms. The lowest BCUT2D eigenvalue weighted by Gasteiger charge is -2.26. The molecule has 0 radical (unpaired) electrons. The summed E-state index contributed by atoms with van der Waals surface area (Å²) in [6.45, 7) is 2.10. The van der Waals surface area contributed by atoms with Crippen molar-refractivity contribution in [3.8, 4) is 0 Å². The van der Waals surface area contributed by atoms with Gasteiger partial charge in [0, 0.05) is 4.47 Å². The molecular formula is C18H20BrN. The topological polar surface area (TPSA) is 26.0 Å². The lowest BCUT2D eigenvalue weighted by molar-refractivity contribution is 0.419. The first-order valence-corrected chi connectivity index (χ1v) is 8.06. The molecule has 1 atom stereocenters. The molecular weight excluding hydrogens is 310 g/mol. The van der Waals surface area contributed by atoms with Crippen molar-refractivity contribution in [3.05, 3.63) is 69.2 Å². The van der Waals surface area contributed by atoms with Crippen LogP contribution in [0.5, 0.6) is 0 Å². The minimum Gasteiger partial charge on any atom is -0.320 e. The van der Waals surface area contributed by atoms with Gasteiger partial charge in [0.1, 0.15) is 0 Å². The summed E-state index contributed by atoms with van der Waals surface area (Å²) in [5.74, 6) is 0.758. The van der Waals surface area contributed by atoms with Crippen LogP contribution in [0.25, 0.3) is 0 Å². The molecule has 20 heavy (non-hydrogen) atoms. The second-order valence-corrected chi connectivity index (χ2v) is 6.64. The summed E-state index contributed by atoms with van der Waals surface area (Å²) in [6.07, 6.45) is 4.03. The van der Waals surface area contributed by atoms with Gasteiger partial charge < -0.3 is 5.73 Å². The van der Waals surface area contributed by atoms with Gasteiger partial charge in [0.15, 0.2) is 0 Å². The van der Waals surface area contributed by atoms with Crippen molar-refractivity contribution < 1.29 is 0 Å². The minimum atomic E-state index is -0.0400. The highest BCUT2D eigenvalue weighted by atomic mass is 79.9. The van der Waals surface area contributed by atoms with Gasteiger partial charge in [-0.3, -0.25) is 0 Å². The van der Waals surface area contributed by atoms with E-state index in [-0.39, 0.29) is 6.04 Å². The van der Waals surface area contributed by atoms with Crippen molar-refractivity contribution in [3.63, 3.8) is 0 Å².